The molecule has 0 spiro atoms. The van der Waals surface area contributed by atoms with Gasteiger partial charge in [-0.2, -0.15) is 5.10 Å². The maximum Gasteiger partial charge on any atom is 0.293 e. The second-order valence-electron chi connectivity index (χ2n) is 10.8. The smallest absolute Gasteiger partial charge is 0.293 e. The molecule has 3 aliphatic carbocycles. The molecule has 3 atom stereocenters. The molecule has 0 unspecified atom stereocenters. The van der Waals surface area contributed by atoms with Crippen molar-refractivity contribution in [2.45, 2.75) is 17.4 Å². The van der Waals surface area contributed by atoms with Crippen LogP contribution in [-0.4, -0.2) is 34.0 Å². The molecule has 4 aromatic rings. The molecule has 4 aliphatic rings. The third kappa shape index (κ3) is 3.70. The van der Waals surface area contributed by atoms with Crippen LogP contribution in [0.5, 0.6) is 0 Å². The number of rotatable bonds is 6. The highest BCUT2D eigenvalue weighted by atomic mass is 16.6. The lowest BCUT2D eigenvalue weighted by molar-refractivity contribution is -0.384. The number of hydrogen-bond donors (Lipinski definition) is 2. The van der Waals surface area contributed by atoms with E-state index in [9.17, 15) is 29.6 Å². The van der Waals surface area contributed by atoms with Crippen molar-refractivity contribution in [3.63, 3.8) is 0 Å². The summed E-state index contributed by atoms with van der Waals surface area (Å²) < 4.78 is 0. The summed E-state index contributed by atoms with van der Waals surface area (Å²) >= 11 is 0. The molecule has 1 heterocycles. The molecule has 0 radical (unpaired) electrons. The quantitative estimate of drug-likeness (QED) is 0.155. The number of anilines is 1. The Bertz CT molecular complexity index is 1810. The number of amides is 3. The van der Waals surface area contributed by atoms with E-state index in [1.54, 1.807) is 36.4 Å². The van der Waals surface area contributed by atoms with Crippen LogP contribution in [0.15, 0.2) is 108 Å². The molecular formula is C33H24N4O6. The molecular weight excluding hydrogens is 548 g/mol. The van der Waals surface area contributed by atoms with Crippen molar-refractivity contribution in [1.82, 2.24) is 5.43 Å². The van der Waals surface area contributed by atoms with E-state index in [1.807, 2.05) is 48.5 Å². The van der Waals surface area contributed by atoms with Crippen molar-refractivity contribution in [3.8, 4) is 0 Å². The van der Waals surface area contributed by atoms with Gasteiger partial charge in [-0.1, -0.05) is 91.0 Å². The fourth-order valence-electron chi connectivity index (χ4n) is 7.14. The van der Waals surface area contributed by atoms with Crippen LogP contribution in [0.3, 0.4) is 0 Å². The van der Waals surface area contributed by atoms with Gasteiger partial charge in [-0.25, -0.2) is 10.3 Å². The standard InChI is InChI=1S/C33H24N4O6/c38-29(19-10-2-1-3-11-19)30(39)35-34-18-33-22-14-6-4-12-20(22)26(21-13-5-7-15-23(21)33)27-28(33)32(41)36(31(27)40)24-16-8-9-17-25(24)37(42)43/h1-18,26-29,38H,(H,35,39)/b34-18-/t26?,27-,28-,29-,33?/m0/s1. The zero-order chi connectivity index (χ0) is 29.9. The van der Waals surface area contributed by atoms with Crippen LogP contribution in [0.25, 0.3) is 0 Å². The van der Waals surface area contributed by atoms with E-state index in [1.165, 1.54) is 24.4 Å². The zero-order valence-electron chi connectivity index (χ0n) is 22.5. The summed E-state index contributed by atoms with van der Waals surface area (Å²) in [7, 11) is 0. The zero-order valence-corrected chi connectivity index (χ0v) is 22.5. The van der Waals surface area contributed by atoms with Gasteiger partial charge >= 0.3 is 0 Å². The number of para-hydroxylation sites is 2. The molecule has 3 amide bonds. The number of benzene rings is 4. The number of aliphatic hydroxyl groups excluding tert-OH is 1. The van der Waals surface area contributed by atoms with Gasteiger partial charge in [0, 0.05) is 18.2 Å². The van der Waals surface area contributed by atoms with Crippen LogP contribution < -0.4 is 10.3 Å². The number of hydrogen-bond acceptors (Lipinski definition) is 7. The molecule has 1 aliphatic heterocycles. The first-order chi connectivity index (χ1) is 20.9. The van der Waals surface area contributed by atoms with Gasteiger partial charge in [-0.15, -0.1) is 0 Å². The Morgan fingerprint density at radius 1 is 0.884 bits per heavy atom. The van der Waals surface area contributed by atoms with Gasteiger partial charge in [0.2, 0.25) is 11.8 Å². The molecule has 10 nitrogen and oxygen atoms in total. The number of imide groups is 1. The van der Waals surface area contributed by atoms with E-state index in [-0.39, 0.29) is 11.4 Å². The molecule has 1 fully saturated rings. The summed E-state index contributed by atoms with van der Waals surface area (Å²) in [6.07, 6.45) is -0.00408. The fraction of sp³-hybridized carbons (Fsp3) is 0.152. The van der Waals surface area contributed by atoms with Crippen LogP contribution in [0.1, 0.15) is 39.8 Å². The van der Waals surface area contributed by atoms with Crippen molar-refractivity contribution in [3.05, 3.63) is 141 Å². The average Bonchev–Trinajstić information content (AvgIpc) is 3.31. The fourth-order valence-corrected chi connectivity index (χ4v) is 7.14. The van der Waals surface area contributed by atoms with Crippen LogP contribution in [0.2, 0.25) is 0 Å². The molecule has 4 aromatic carbocycles. The van der Waals surface area contributed by atoms with Gasteiger partial charge < -0.3 is 5.11 Å². The number of hydrazone groups is 1. The highest BCUT2D eigenvalue weighted by Gasteiger charge is 2.68. The Hall–Kier alpha value is -5.48. The molecule has 8 rings (SSSR count). The Kier molecular flexibility index (Phi) is 6.03. The maximum absolute atomic E-state index is 14.4. The molecule has 2 bridgehead atoms. The molecule has 0 aromatic heterocycles. The first kappa shape index (κ1) is 26.4. The van der Waals surface area contributed by atoms with E-state index >= 15 is 0 Å². The summed E-state index contributed by atoms with van der Waals surface area (Å²) in [5.41, 5.74) is 4.28. The minimum absolute atomic E-state index is 0.0872. The number of nitrogens with zero attached hydrogens (tertiary/aromatic N) is 3. The normalized spacial score (nSPS) is 23.9. The van der Waals surface area contributed by atoms with E-state index in [2.05, 4.69) is 10.5 Å². The summed E-state index contributed by atoms with van der Waals surface area (Å²) in [6, 6.07) is 29.1. The van der Waals surface area contributed by atoms with Gasteiger partial charge in [-0.05, 0) is 33.9 Å². The second-order valence-corrected chi connectivity index (χ2v) is 10.8. The second kappa shape index (κ2) is 9.81. The van der Waals surface area contributed by atoms with Gasteiger partial charge in [0.15, 0.2) is 6.10 Å². The van der Waals surface area contributed by atoms with Crippen molar-refractivity contribution >= 4 is 35.3 Å². The largest absolute Gasteiger partial charge is 0.378 e. The SMILES string of the molecule is O=C(N/N=C\C12c3ccccc3C(c3ccccc31)[C@@H]1C(=O)N(c3ccccc3[N+](=O)[O-])C(=O)[C@H]12)[C@@H](O)c1ccccc1. The summed E-state index contributed by atoms with van der Waals surface area (Å²) in [5, 5.41) is 26.8. The van der Waals surface area contributed by atoms with E-state index in [4.69, 9.17) is 0 Å². The average molecular weight is 573 g/mol. The lowest BCUT2D eigenvalue weighted by Crippen LogP contribution is -2.54. The summed E-state index contributed by atoms with van der Waals surface area (Å²) in [6.45, 7) is 0. The number of carbonyl (C=O) groups excluding carboxylic acids is 3. The van der Waals surface area contributed by atoms with Gasteiger partial charge in [0.1, 0.15) is 5.69 Å². The van der Waals surface area contributed by atoms with Crippen LogP contribution in [0, 0.1) is 22.0 Å². The van der Waals surface area contributed by atoms with Crippen molar-refractivity contribution in [2.24, 2.45) is 16.9 Å². The van der Waals surface area contributed by atoms with Crippen LogP contribution in [-0.2, 0) is 19.8 Å². The predicted molar refractivity (Wildman–Crippen MR) is 156 cm³/mol. The monoisotopic (exact) mass is 572 g/mol. The maximum atomic E-state index is 14.4. The van der Waals surface area contributed by atoms with E-state index in [0.717, 1.165) is 27.2 Å². The molecule has 2 N–H and O–H groups in total. The Morgan fingerprint density at radius 3 is 2.12 bits per heavy atom. The predicted octanol–water partition coefficient (Wildman–Crippen LogP) is 3.98. The lowest BCUT2D eigenvalue weighted by atomic mass is 9.47. The number of nitro benzene ring substituents is 1. The Balaban J connectivity index is 1.38. The van der Waals surface area contributed by atoms with Gasteiger partial charge in [0.05, 0.1) is 22.2 Å². The summed E-state index contributed by atoms with van der Waals surface area (Å²) in [5.74, 6) is -4.20. The topological polar surface area (TPSA) is 142 Å². The van der Waals surface area contributed by atoms with Gasteiger partial charge in [-0.3, -0.25) is 24.5 Å². The molecule has 1 saturated heterocycles. The lowest BCUT2D eigenvalue weighted by Gasteiger charge is -2.52. The first-order valence-electron chi connectivity index (χ1n) is 13.7. The summed E-state index contributed by atoms with van der Waals surface area (Å²) in [4.78, 5) is 53.8. The van der Waals surface area contributed by atoms with Crippen molar-refractivity contribution in [2.75, 3.05) is 4.90 Å². The molecule has 43 heavy (non-hydrogen) atoms. The third-order valence-corrected chi connectivity index (χ3v) is 8.81. The molecule has 10 heteroatoms. The number of nitrogens with one attached hydrogen (secondary N) is 1. The van der Waals surface area contributed by atoms with E-state index < -0.39 is 51.9 Å². The van der Waals surface area contributed by atoms with Crippen LogP contribution in [0.4, 0.5) is 11.4 Å². The first-order valence-corrected chi connectivity index (χ1v) is 13.7. The van der Waals surface area contributed by atoms with Gasteiger partial charge in [0.25, 0.3) is 11.6 Å². The van der Waals surface area contributed by atoms with Crippen molar-refractivity contribution in [1.29, 1.82) is 0 Å². The Labute approximate surface area is 245 Å². The van der Waals surface area contributed by atoms with Crippen molar-refractivity contribution < 1.29 is 24.4 Å². The highest BCUT2D eigenvalue weighted by molar-refractivity contribution is 6.25. The third-order valence-electron chi connectivity index (χ3n) is 8.81. The van der Waals surface area contributed by atoms with E-state index in [0.29, 0.717) is 5.56 Å². The number of carbonyl (C=O) groups is 3. The molecule has 0 saturated carbocycles. The number of nitro groups is 1. The van der Waals surface area contributed by atoms with Crippen LogP contribution >= 0.6 is 0 Å². The highest BCUT2D eigenvalue weighted by Crippen LogP contribution is 2.63. The molecule has 212 valence electrons. The minimum Gasteiger partial charge on any atom is -0.378 e. The Morgan fingerprint density at radius 2 is 1.47 bits per heavy atom. The number of aliphatic hydroxyl groups is 1. The minimum atomic E-state index is -1.48.